The molecule has 0 spiro atoms. The zero-order chi connectivity index (χ0) is 14.0. The van der Waals surface area contributed by atoms with Gasteiger partial charge in [0, 0.05) is 0 Å². The Kier molecular flexibility index (Phi) is 4.20. The van der Waals surface area contributed by atoms with E-state index in [2.05, 4.69) is 26.1 Å². The van der Waals surface area contributed by atoms with Crippen molar-refractivity contribution in [3.8, 4) is 5.69 Å². The molecule has 8 heteroatoms. The number of aromatic nitrogens is 3. The maximum Gasteiger partial charge on any atom is 0.313 e. The fourth-order valence-electron chi connectivity index (χ4n) is 1.48. The summed E-state index contributed by atoms with van der Waals surface area (Å²) in [4.78, 5) is 10.6. The number of hydrogen-bond acceptors (Lipinski definition) is 4. The summed E-state index contributed by atoms with van der Waals surface area (Å²) in [5.74, 6) is -0.912. The monoisotopic (exact) mass is 345 g/mol. The van der Waals surface area contributed by atoms with Crippen molar-refractivity contribution in [3.05, 3.63) is 34.3 Å². The summed E-state index contributed by atoms with van der Waals surface area (Å²) in [6.07, 6.45) is 0. The SMILES string of the molecule is Cc1nnc(SCC(=O)O)n1-c1ccc(Br)c(F)c1. The minimum absolute atomic E-state index is 0.128. The molecule has 1 N–H and O–H groups in total. The summed E-state index contributed by atoms with van der Waals surface area (Å²) in [6.45, 7) is 1.72. The molecule has 100 valence electrons. The zero-order valence-electron chi connectivity index (χ0n) is 9.80. The molecule has 0 aliphatic carbocycles. The largest absolute Gasteiger partial charge is 0.481 e. The fourth-order valence-corrected chi connectivity index (χ4v) is 2.45. The van der Waals surface area contributed by atoms with E-state index in [-0.39, 0.29) is 5.75 Å². The maximum atomic E-state index is 13.5. The molecule has 0 atom stereocenters. The highest BCUT2D eigenvalue weighted by molar-refractivity contribution is 9.10. The topological polar surface area (TPSA) is 68.0 Å². The number of nitrogens with zero attached hydrogens (tertiary/aromatic N) is 3. The molecule has 1 heterocycles. The Hall–Kier alpha value is -1.41. The Labute approximate surface area is 121 Å². The Morgan fingerprint density at radius 2 is 2.26 bits per heavy atom. The quantitative estimate of drug-likeness (QED) is 0.862. The number of carbonyl (C=O) groups is 1. The van der Waals surface area contributed by atoms with Crippen LogP contribution < -0.4 is 0 Å². The molecule has 0 fully saturated rings. The molecule has 0 aliphatic heterocycles. The number of thioether (sulfide) groups is 1. The summed E-state index contributed by atoms with van der Waals surface area (Å²) in [6, 6.07) is 4.62. The van der Waals surface area contributed by atoms with Crippen molar-refractivity contribution in [1.29, 1.82) is 0 Å². The number of halogens is 2. The van der Waals surface area contributed by atoms with Crippen LogP contribution in [0, 0.1) is 12.7 Å². The van der Waals surface area contributed by atoms with Gasteiger partial charge in [0.05, 0.1) is 15.9 Å². The Bertz CT molecular complexity index is 632. The average molecular weight is 346 g/mol. The van der Waals surface area contributed by atoms with Gasteiger partial charge >= 0.3 is 5.97 Å². The molecule has 2 aromatic rings. The van der Waals surface area contributed by atoms with Gasteiger partial charge in [-0.1, -0.05) is 11.8 Å². The third-order valence-electron chi connectivity index (χ3n) is 2.28. The second-order valence-electron chi connectivity index (χ2n) is 3.65. The first-order valence-electron chi connectivity index (χ1n) is 5.21. The molecule has 19 heavy (non-hydrogen) atoms. The third kappa shape index (κ3) is 3.13. The first-order chi connectivity index (χ1) is 8.99. The zero-order valence-corrected chi connectivity index (χ0v) is 12.2. The van der Waals surface area contributed by atoms with Crippen molar-refractivity contribution in [2.24, 2.45) is 0 Å². The Morgan fingerprint density at radius 1 is 1.53 bits per heavy atom. The first kappa shape index (κ1) is 14.0. The molecule has 0 unspecified atom stereocenters. The van der Waals surface area contributed by atoms with E-state index in [1.165, 1.54) is 6.07 Å². The van der Waals surface area contributed by atoms with E-state index in [1.807, 2.05) is 0 Å². The standard InChI is InChI=1S/C11H9BrFN3O2S/c1-6-14-15-11(19-5-10(17)18)16(6)7-2-3-8(12)9(13)4-7/h2-4H,5H2,1H3,(H,17,18). The number of aliphatic carboxylic acids is 1. The molecule has 0 radical (unpaired) electrons. The maximum absolute atomic E-state index is 13.5. The van der Waals surface area contributed by atoms with Gasteiger partial charge < -0.3 is 5.11 Å². The van der Waals surface area contributed by atoms with Crippen LogP contribution in [0.1, 0.15) is 5.82 Å². The molecule has 1 aromatic heterocycles. The van der Waals surface area contributed by atoms with Crippen LogP contribution in [0.15, 0.2) is 27.8 Å². The lowest BCUT2D eigenvalue weighted by atomic mass is 10.3. The molecule has 2 rings (SSSR count). The Morgan fingerprint density at radius 3 is 2.89 bits per heavy atom. The van der Waals surface area contributed by atoms with E-state index in [4.69, 9.17) is 5.11 Å². The van der Waals surface area contributed by atoms with Gasteiger partial charge in [0.2, 0.25) is 0 Å². The van der Waals surface area contributed by atoms with Crippen LogP contribution in [0.5, 0.6) is 0 Å². The predicted octanol–water partition coefficient (Wildman–Crippen LogP) is 2.65. The normalized spacial score (nSPS) is 10.7. The highest BCUT2D eigenvalue weighted by Crippen LogP contribution is 2.24. The summed E-state index contributed by atoms with van der Waals surface area (Å²) >= 11 is 4.12. The van der Waals surface area contributed by atoms with Crippen LogP contribution >= 0.6 is 27.7 Å². The van der Waals surface area contributed by atoms with Gasteiger partial charge in [0.15, 0.2) is 5.16 Å². The van der Waals surface area contributed by atoms with Gasteiger partial charge in [-0.15, -0.1) is 10.2 Å². The lowest BCUT2D eigenvalue weighted by Crippen LogP contribution is -2.03. The summed E-state index contributed by atoms with van der Waals surface area (Å²) in [7, 11) is 0. The van der Waals surface area contributed by atoms with Gasteiger partial charge in [-0.05, 0) is 41.1 Å². The van der Waals surface area contributed by atoms with E-state index >= 15 is 0 Å². The van der Waals surface area contributed by atoms with Crippen LogP contribution in [0.3, 0.4) is 0 Å². The van der Waals surface area contributed by atoms with Gasteiger partial charge in [-0.2, -0.15) is 0 Å². The molecule has 0 saturated carbocycles. The van der Waals surface area contributed by atoms with E-state index in [9.17, 15) is 9.18 Å². The van der Waals surface area contributed by atoms with E-state index < -0.39 is 11.8 Å². The second-order valence-corrected chi connectivity index (χ2v) is 5.44. The number of carboxylic acids is 1. The van der Waals surface area contributed by atoms with Crippen molar-refractivity contribution in [3.63, 3.8) is 0 Å². The van der Waals surface area contributed by atoms with Crippen molar-refractivity contribution >= 4 is 33.7 Å². The predicted molar refractivity (Wildman–Crippen MR) is 72.1 cm³/mol. The van der Waals surface area contributed by atoms with Crippen LogP contribution in [0.4, 0.5) is 4.39 Å². The van der Waals surface area contributed by atoms with Crippen molar-refractivity contribution in [2.45, 2.75) is 12.1 Å². The van der Waals surface area contributed by atoms with Crippen molar-refractivity contribution < 1.29 is 14.3 Å². The van der Waals surface area contributed by atoms with E-state index in [0.29, 0.717) is 21.1 Å². The Balaban J connectivity index is 2.40. The lowest BCUT2D eigenvalue weighted by Gasteiger charge is -2.08. The van der Waals surface area contributed by atoms with Gasteiger partial charge in [0.25, 0.3) is 0 Å². The molecule has 0 saturated heterocycles. The molecule has 5 nitrogen and oxygen atoms in total. The minimum atomic E-state index is -0.945. The van der Waals surface area contributed by atoms with Crippen LogP contribution in [0.25, 0.3) is 5.69 Å². The summed E-state index contributed by atoms with van der Waals surface area (Å²) < 4.78 is 15.5. The molecule has 1 aromatic carbocycles. The van der Waals surface area contributed by atoms with Gasteiger partial charge in [-0.25, -0.2) is 4.39 Å². The molecule has 0 bridgehead atoms. The van der Waals surface area contributed by atoms with Crippen LogP contribution in [-0.4, -0.2) is 31.6 Å². The molecular formula is C11H9BrFN3O2S. The number of benzene rings is 1. The summed E-state index contributed by atoms with van der Waals surface area (Å²) in [5.41, 5.74) is 0.552. The molecule has 0 aliphatic rings. The fraction of sp³-hybridized carbons (Fsp3) is 0.182. The highest BCUT2D eigenvalue weighted by atomic mass is 79.9. The van der Waals surface area contributed by atoms with E-state index in [1.54, 1.807) is 23.6 Å². The lowest BCUT2D eigenvalue weighted by molar-refractivity contribution is -0.133. The number of carboxylic acid groups (broad SMARTS) is 1. The summed E-state index contributed by atoms with van der Waals surface area (Å²) in [5, 5.41) is 16.9. The number of aryl methyl sites for hydroxylation is 1. The number of hydrogen-bond donors (Lipinski definition) is 1. The van der Waals surface area contributed by atoms with Crippen molar-refractivity contribution in [2.75, 3.05) is 5.75 Å². The van der Waals surface area contributed by atoms with Crippen LogP contribution in [0.2, 0.25) is 0 Å². The van der Waals surface area contributed by atoms with Crippen LogP contribution in [-0.2, 0) is 4.79 Å². The van der Waals surface area contributed by atoms with Gasteiger partial charge in [0.1, 0.15) is 11.6 Å². The molecule has 0 amide bonds. The highest BCUT2D eigenvalue weighted by Gasteiger charge is 2.14. The minimum Gasteiger partial charge on any atom is -0.481 e. The van der Waals surface area contributed by atoms with E-state index in [0.717, 1.165) is 11.8 Å². The second kappa shape index (κ2) is 5.70. The third-order valence-corrected chi connectivity index (χ3v) is 3.84. The first-order valence-corrected chi connectivity index (χ1v) is 6.99. The number of rotatable bonds is 4. The molecular weight excluding hydrogens is 337 g/mol. The smallest absolute Gasteiger partial charge is 0.313 e. The average Bonchev–Trinajstić information content (AvgIpc) is 2.71. The van der Waals surface area contributed by atoms with Crippen molar-refractivity contribution in [1.82, 2.24) is 14.8 Å². The van der Waals surface area contributed by atoms with Gasteiger partial charge in [-0.3, -0.25) is 9.36 Å².